The average Bonchev–Trinajstić information content (AvgIpc) is 2.49. The van der Waals surface area contributed by atoms with Gasteiger partial charge in [-0.15, -0.1) is 0 Å². The molecule has 1 aliphatic heterocycles. The van der Waals surface area contributed by atoms with Crippen LogP contribution in [0.1, 0.15) is 13.8 Å². The Labute approximate surface area is 122 Å². The summed E-state index contributed by atoms with van der Waals surface area (Å²) in [7, 11) is 0. The number of nitrogens with zero attached hydrogens (tertiary/aromatic N) is 4. The van der Waals surface area contributed by atoms with Crippen LogP contribution in [0.15, 0.2) is 29.4 Å². The fourth-order valence-corrected chi connectivity index (χ4v) is 1.97. The maximum atomic E-state index is 12.2. The predicted octanol–water partition coefficient (Wildman–Crippen LogP) is 2.06. The number of urea groups is 1. The largest absolute Gasteiger partial charge is 0.526 e. The summed E-state index contributed by atoms with van der Waals surface area (Å²) in [6.45, 7) is 4.28. The fraction of sp³-hybridized carbons (Fsp3) is 0.357. The molecular formula is C14H15N4O3+. The molecule has 3 amide bonds. The Balaban J connectivity index is 2.39. The van der Waals surface area contributed by atoms with E-state index in [0.717, 1.165) is 9.60 Å². The van der Waals surface area contributed by atoms with Crippen LogP contribution in [-0.4, -0.2) is 40.7 Å². The Morgan fingerprint density at radius 2 is 2.00 bits per heavy atom. The van der Waals surface area contributed by atoms with E-state index in [1.807, 2.05) is 6.92 Å². The monoisotopic (exact) mass is 287 g/mol. The highest BCUT2D eigenvalue weighted by atomic mass is 16.5. The lowest BCUT2D eigenvalue weighted by Gasteiger charge is -2.17. The van der Waals surface area contributed by atoms with Gasteiger partial charge < -0.3 is 4.74 Å². The van der Waals surface area contributed by atoms with Crippen molar-refractivity contribution in [3.05, 3.63) is 24.3 Å². The highest BCUT2D eigenvalue weighted by Crippen LogP contribution is 2.22. The maximum absolute atomic E-state index is 12.2. The third kappa shape index (κ3) is 2.74. The maximum Gasteiger partial charge on any atom is 0.526 e. The molecule has 21 heavy (non-hydrogen) atoms. The van der Waals surface area contributed by atoms with E-state index < -0.39 is 18.0 Å². The highest BCUT2D eigenvalue weighted by molar-refractivity contribution is 5.97. The van der Waals surface area contributed by atoms with Crippen molar-refractivity contribution in [3.8, 4) is 11.8 Å². The summed E-state index contributed by atoms with van der Waals surface area (Å²) in [5.74, 6) is 0.0816. The molecular weight excluding hydrogens is 272 g/mol. The minimum absolute atomic E-state index is 0.193. The van der Waals surface area contributed by atoms with Crippen LogP contribution in [-0.2, 0) is 4.79 Å². The second-order valence-corrected chi connectivity index (χ2v) is 4.25. The van der Waals surface area contributed by atoms with Gasteiger partial charge in [-0.2, -0.15) is 15.0 Å². The third-order valence-electron chi connectivity index (χ3n) is 2.97. The second kappa shape index (κ2) is 6.13. The van der Waals surface area contributed by atoms with Crippen LogP contribution in [0.5, 0.6) is 5.75 Å². The predicted molar refractivity (Wildman–Crippen MR) is 72.1 cm³/mol. The fourth-order valence-electron chi connectivity index (χ4n) is 1.97. The number of carbonyl (C=O) groups excluding carboxylic acids is 2. The normalized spacial score (nSPS) is 18.2. The molecule has 7 heteroatoms. The van der Waals surface area contributed by atoms with Gasteiger partial charge in [-0.3, -0.25) is 0 Å². The van der Waals surface area contributed by atoms with Crippen molar-refractivity contribution in [2.75, 3.05) is 13.2 Å². The van der Waals surface area contributed by atoms with Crippen LogP contribution in [0.25, 0.3) is 0 Å². The van der Waals surface area contributed by atoms with Crippen molar-refractivity contribution in [1.82, 2.24) is 4.90 Å². The van der Waals surface area contributed by atoms with Gasteiger partial charge in [0.05, 0.1) is 13.2 Å². The first-order valence-electron chi connectivity index (χ1n) is 6.61. The second-order valence-electron chi connectivity index (χ2n) is 4.25. The summed E-state index contributed by atoms with van der Waals surface area (Å²) in [6.07, 6.45) is 0. The molecule has 0 aliphatic carbocycles. The van der Waals surface area contributed by atoms with Crippen molar-refractivity contribution >= 4 is 17.6 Å². The van der Waals surface area contributed by atoms with E-state index in [-0.39, 0.29) is 6.54 Å². The van der Waals surface area contributed by atoms with Gasteiger partial charge in [-0.05, 0) is 38.1 Å². The molecule has 1 atom stereocenters. The van der Waals surface area contributed by atoms with Gasteiger partial charge in [0, 0.05) is 0 Å². The summed E-state index contributed by atoms with van der Waals surface area (Å²) in [6, 6.07) is 6.76. The zero-order valence-electron chi connectivity index (χ0n) is 11.8. The summed E-state index contributed by atoms with van der Waals surface area (Å²) in [4.78, 5) is 25.1. The van der Waals surface area contributed by atoms with Crippen molar-refractivity contribution in [3.63, 3.8) is 0 Å². The van der Waals surface area contributed by atoms with Crippen molar-refractivity contribution in [2.45, 2.75) is 19.9 Å². The molecule has 0 saturated heterocycles. The molecule has 2 rings (SSSR count). The van der Waals surface area contributed by atoms with Gasteiger partial charge in [0.25, 0.3) is 6.04 Å². The Bertz CT molecular complexity index is 631. The number of carbonyl (C=O) groups is 2. The van der Waals surface area contributed by atoms with Crippen LogP contribution < -0.4 is 4.74 Å². The van der Waals surface area contributed by atoms with Crippen LogP contribution in [0.3, 0.4) is 0 Å². The van der Waals surface area contributed by atoms with Gasteiger partial charge in [0.2, 0.25) is 0 Å². The number of hydrogen-bond acceptors (Lipinski definition) is 5. The first-order valence-corrected chi connectivity index (χ1v) is 6.61. The smallest absolute Gasteiger partial charge is 0.494 e. The van der Waals surface area contributed by atoms with E-state index >= 15 is 0 Å². The molecule has 1 aliphatic rings. The summed E-state index contributed by atoms with van der Waals surface area (Å²) < 4.78 is 6.40. The highest BCUT2D eigenvalue weighted by Gasteiger charge is 2.44. The van der Waals surface area contributed by atoms with Gasteiger partial charge >= 0.3 is 11.9 Å². The molecule has 0 fully saturated rings. The third-order valence-corrected chi connectivity index (χ3v) is 2.97. The van der Waals surface area contributed by atoms with Crippen molar-refractivity contribution < 1.29 is 19.0 Å². The zero-order valence-corrected chi connectivity index (χ0v) is 11.8. The summed E-state index contributed by atoms with van der Waals surface area (Å²) >= 11 is 0. The number of ether oxygens (including phenoxy) is 1. The number of hydrogen-bond donors (Lipinski definition) is 0. The van der Waals surface area contributed by atoms with E-state index in [4.69, 9.17) is 10.00 Å². The zero-order chi connectivity index (χ0) is 15.4. The van der Waals surface area contributed by atoms with E-state index in [2.05, 4.69) is 5.11 Å². The Morgan fingerprint density at radius 1 is 1.33 bits per heavy atom. The number of nitriles is 1. The van der Waals surface area contributed by atoms with E-state index in [1.165, 1.54) is 0 Å². The lowest BCUT2D eigenvalue weighted by molar-refractivity contribution is -0.427. The molecule has 1 unspecified atom stereocenters. The minimum atomic E-state index is -1.20. The van der Waals surface area contributed by atoms with E-state index in [9.17, 15) is 9.59 Å². The average molecular weight is 287 g/mol. The first kappa shape index (κ1) is 14.7. The first-order chi connectivity index (χ1) is 10.1. The quantitative estimate of drug-likeness (QED) is 0.793. The van der Waals surface area contributed by atoms with Gasteiger partial charge in [-0.25, -0.2) is 4.79 Å². The Hall–Kier alpha value is -2.75. The summed E-state index contributed by atoms with van der Waals surface area (Å²) in [5, 5.41) is 12.9. The molecule has 7 nitrogen and oxygen atoms in total. The van der Waals surface area contributed by atoms with Crippen molar-refractivity contribution in [2.24, 2.45) is 5.11 Å². The number of imide groups is 1. The molecule has 108 valence electrons. The molecule has 0 bridgehead atoms. The van der Waals surface area contributed by atoms with Gasteiger partial charge in [0.15, 0.2) is 5.69 Å². The minimum Gasteiger partial charge on any atom is -0.494 e. The molecule has 1 aromatic rings. The lowest BCUT2D eigenvalue weighted by Crippen LogP contribution is -2.49. The standard InChI is InChI=1S/C14H15N4O3/c1-3-17-13(19)12(9-15)16-18(14(17)20)10-5-7-11(8-6-10)21-4-2/h5-8,12H,3-4H2,1-2H3/q+1. The number of rotatable bonds is 4. The molecule has 1 heterocycles. The van der Waals surface area contributed by atoms with E-state index in [1.54, 1.807) is 37.3 Å². The lowest BCUT2D eigenvalue weighted by atomic mass is 10.2. The number of likely N-dealkylation sites (N-methyl/N-ethyl adjacent to an activating group) is 1. The topological polar surface area (TPSA) is 85.8 Å². The van der Waals surface area contributed by atoms with Crippen LogP contribution in [0, 0.1) is 11.3 Å². The molecule has 0 N–H and O–H groups in total. The van der Waals surface area contributed by atoms with Gasteiger partial charge in [0.1, 0.15) is 11.8 Å². The molecule has 0 aromatic heterocycles. The van der Waals surface area contributed by atoms with Crippen molar-refractivity contribution in [1.29, 1.82) is 5.26 Å². The van der Waals surface area contributed by atoms with Crippen LogP contribution in [0.2, 0.25) is 0 Å². The number of azo groups is 2. The Kier molecular flexibility index (Phi) is 4.28. The Morgan fingerprint density at radius 3 is 2.52 bits per heavy atom. The number of amides is 3. The van der Waals surface area contributed by atoms with E-state index in [0.29, 0.717) is 18.0 Å². The van der Waals surface area contributed by atoms with Gasteiger partial charge in [-0.1, -0.05) is 9.81 Å². The van der Waals surface area contributed by atoms with Crippen LogP contribution >= 0.6 is 0 Å². The molecule has 0 saturated carbocycles. The molecule has 1 aromatic carbocycles. The molecule has 0 spiro atoms. The van der Waals surface area contributed by atoms with Crippen LogP contribution in [0.4, 0.5) is 10.5 Å². The SMILES string of the molecule is CCOc1ccc([N+]2=NC(C#N)C(=O)N(CC)C2=O)cc1. The molecule has 0 radical (unpaired) electrons. The summed E-state index contributed by atoms with van der Waals surface area (Å²) in [5.41, 5.74) is 0.481. The number of benzene rings is 1.